The van der Waals surface area contributed by atoms with E-state index in [0.717, 1.165) is 0 Å². The molecule has 1 rings (SSSR count). The van der Waals surface area contributed by atoms with Crippen LogP contribution in [0.3, 0.4) is 0 Å². The number of aromatic nitrogens is 1. The molecular weight excluding hydrogens is 265 g/mol. The molecule has 0 radical (unpaired) electrons. The van der Waals surface area contributed by atoms with Crippen LogP contribution in [0.25, 0.3) is 0 Å². The highest BCUT2D eigenvalue weighted by Crippen LogP contribution is 2.25. The third kappa shape index (κ3) is 3.41. The maximum absolute atomic E-state index is 11.8. The Labute approximate surface area is 86.2 Å². The van der Waals surface area contributed by atoms with Gasteiger partial charge in [-0.25, -0.2) is 4.98 Å². The maximum atomic E-state index is 11.8. The number of nitrogen functional groups attached to an aromatic ring is 1. The molecule has 2 N–H and O–H groups in total. The fourth-order valence-corrected chi connectivity index (χ4v) is 1.18. The number of hydrogen-bond acceptors (Lipinski definition) is 3. The van der Waals surface area contributed by atoms with Crippen molar-refractivity contribution in [3.63, 3.8) is 0 Å². The molecule has 14 heavy (non-hydrogen) atoms. The van der Waals surface area contributed by atoms with E-state index in [0.29, 0.717) is 10.2 Å². The van der Waals surface area contributed by atoms with Crippen LogP contribution in [0, 0.1) is 0 Å². The second-order valence-electron chi connectivity index (χ2n) is 2.46. The predicted molar refractivity (Wildman–Crippen MR) is 47.9 cm³/mol. The third-order valence-corrected chi connectivity index (χ3v) is 1.77. The van der Waals surface area contributed by atoms with Gasteiger partial charge in [-0.15, -0.1) is 0 Å². The fraction of sp³-hybridized carbons (Fsp3) is 0.286. The predicted octanol–water partition coefficient (Wildman–Crippen LogP) is 2.37. The van der Waals surface area contributed by atoms with Gasteiger partial charge in [0.1, 0.15) is 0 Å². The highest BCUT2D eigenvalue weighted by atomic mass is 79.9. The van der Waals surface area contributed by atoms with E-state index < -0.39 is 12.8 Å². The van der Waals surface area contributed by atoms with E-state index in [1.54, 1.807) is 0 Å². The summed E-state index contributed by atoms with van der Waals surface area (Å²) in [7, 11) is 0. The Morgan fingerprint density at radius 3 is 2.64 bits per heavy atom. The molecule has 0 spiro atoms. The molecule has 0 aromatic carbocycles. The van der Waals surface area contributed by atoms with Crippen molar-refractivity contribution < 1.29 is 17.9 Å². The topological polar surface area (TPSA) is 48.1 Å². The molecule has 0 aliphatic heterocycles. The minimum absolute atomic E-state index is 0.128. The molecule has 1 aromatic rings. The van der Waals surface area contributed by atoms with Gasteiger partial charge in [0.25, 0.3) is 0 Å². The molecule has 0 saturated carbocycles. The minimum Gasteiger partial charge on any atom is -0.467 e. The number of halogens is 4. The number of hydrogen-bond donors (Lipinski definition) is 1. The Morgan fingerprint density at radius 1 is 1.50 bits per heavy atom. The second kappa shape index (κ2) is 4.04. The average molecular weight is 271 g/mol. The molecular formula is C7H6BrF3N2O. The molecule has 7 heteroatoms. The molecule has 0 fully saturated rings. The Morgan fingerprint density at radius 2 is 2.14 bits per heavy atom. The van der Waals surface area contributed by atoms with Crippen LogP contribution < -0.4 is 10.5 Å². The van der Waals surface area contributed by atoms with Crippen molar-refractivity contribution in [2.24, 2.45) is 0 Å². The number of alkyl halides is 3. The molecule has 0 aliphatic rings. The Hall–Kier alpha value is -0.980. The fourth-order valence-electron chi connectivity index (χ4n) is 0.697. The Balaban J connectivity index is 2.68. The average Bonchev–Trinajstić information content (AvgIpc) is 2.00. The molecule has 78 valence electrons. The van der Waals surface area contributed by atoms with Crippen LogP contribution in [-0.4, -0.2) is 17.8 Å². The third-order valence-electron chi connectivity index (χ3n) is 1.20. The molecule has 0 atom stereocenters. The van der Waals surface area contributed by atoms with Gasteiger partial charge in [0.05, 0.1) is 16.4 Å². The number of nitrogens with zero attached hydrogens (tertiary/aromatic N) is 1. The zero-order valence-corrected chi connectivity index (χ0v) is 8.39. The van der Waals surface area contributed by atoms with E-state index in [9.17, 15) is 13.2 Å². The van der Waals surface area contributed by atoms with E-state index in [-0.39, 0.29) is 5.88 Å². The van der Waals surface area contributed by atoms with Crippen molar-refractivity contribution >= 4 is 21.6 Å². The summed E-state index contributed by atoms with van der Waals surface area (Å²) in [6.07, 6.45) is -3.15. The van der Waals surface area contributed by atoms with E-state index in [1.807, 2.05) is 0 Å². The maximum Gasteiger partial charge on any atom is 0.422 e. The Bertz CT molecular complexity index is 329. The van der Waals surface area contributed by atoms with E-state index in [1.165, 1.54) is 12.3 Å². The SMILES string of the molecule is Nc1cnc(OCC(F)(F)F)c(Br)c1. The van der Waals surface area contributed by atoms with Crippen LogP contribution >= 0.6 is 15.9 Å². The summed E-state index contributed by atoms with van der Waals surface area (Å²) in [6.45, 7) is -1.37. The van der Waals surface area contributed by atoms with Crippen LogP contribution in [0.5, 0.6) is 5.88 Å². The molecule has 0 aliphatic carbocycles. The molecule has 1 heterocycles. The van der Waals surface area contributed by atoms with Gasteiger partial charge < -0.3 is 10.5 Å². The molecule has 0 bridgehead atoms. The van der Waals surface area contributed by atoms with Crippen molar-refractivity contribution in [2.75, 3.05) is 12.3 Å². The summed E-state index contributed by atoms with van der Waals surface area (Å²) in [4.78, 5) is 3.59. The van der Waals surface area contributed by atoms with Crippen molar-refractivity contribution in [1.82, 2.24) is 4.98 Å². The lowest BCUT2D eigenvalue weighted by Gasteiger charge is -2.09. The summed E-state index contributed by atoms with van der Waals surface area (Å²) in [5.41, 5.74) is 5.68. The van der Waals surface area contributed by atoms with Gasteiger partial charge in [-0.05, 0) is 22.0 Å². The van der Waals surface area contributed by atoms with Crippen LogP contribution in [-0.2, 0) is 0 Å². The van der Waals surface area contributed by atoms with Gasteiger partial charge >= 0.3 is 6.18 Å². The highest BCUT2D eigenvalue weighted by Gasteiger charge is 2.29. The Kier molecular flexibility index (Phi) is 3.20. The molecule has 0 saturated heterocycles. The molecule has 1 aromatic heterocycles. The zero-order chi connectivity index (χ0) is 10.8. The van der Waals surface area contributed by atoms with Crippen LogP contribution in [0.4, 0.5) is 18.9 Å². The van der Waals surface area contributed by atoms with E-state index >= 15 is 0 Å². The highest BCUT2D eigenvalue weighted by molar-refractivity contribution is 9.10. The van der Waals surface area contributed by atoms with Crippen molar-refractivity contribution in [3.05, 3.63) is 16.7 Å². The van der Waals surface area contributed by atoms with E-state index in [4.69, 9.17) is 5.73 Å². The van der Waals surface area contributed by atoms with Gasteiger partial charge in [-0.2, -0.15) is 13.2 Å². The van der Waals surface area contributed by atoms with Crippen LogP contribution in [0.15, 0.2) is 16.7 Å². The first-order valence-corrected chi connectivity index (χ1v) is 4.28. The summed E-state index contributed by atoms with van der Waals surface area (Å²) >= 11 is 2.98. The van der Waals surface area contributed by atoms with Gasteiger partial charge in [0.2, 0.25) is 5.88 Å². The number of pyridine rings is 1. The standard InChI is InChI=1S/C7H6BrF3N2O/c8-5-1-4(12)2-13-6(5)14-3-7(9,10)11/h1-2H,3,12H2. The summed E-state index contributed by atoms with van der Waals surface area (Å²) < 4.78 is 40.0. The smallest absolute Gasteiger partial charge is 0.422 e. The molecule has 0 amide bonds. The second-order valence-corrected chi connectivity index (χ2v) is 3.31. The first-order chi connectivity index (χ1) is 6.38. The molecule has 3 nitrogen and oxygen atoms in total. The summed E-state index contributed by atoms with van der Waals surface area (Å²) in [5, 5.41) is 0. The van der Waals surface area contributed by atoms with Crippen LogP contribution in [0.1, 0.15) is 0 Å². The number of ether oxygens (including phenoxy) is 1. The van der Waals surface area contributed by atoms with Gasteiger partial charge in [0, 0.05) is 0 Å². The van der Waals surface area contributed by atoms with Gasteiger partial charge in [0.15, 0.2) is 6.61 Å². The lowest BCUT2D eigenvalue weighted by molar-refractivity contribution is -0.154. The summed E-state index contributed by atoms with van der Waals surface area (Å²) in [5.74, 6) is -0.128. The minimum atomic E-state index is -4.37. The van der Waals surface area contributed by atoms with Crippen LogP contribution in [0.2, 0.25) is 0 Å². The van der Waals surface area contributed by atoms with Gasteiger partial charge in [-0.3, -0.25) is 0 Å². The number of nitrogens with two attached hydrogens (primary N) is 1. The van der Waals surface area contributed by atoms with Crippen molar-refractivity contribution in [3.8, 4) is 5.88 Å². The zero-order valence-electron chi connectivity index (χ0n) is 6.81. The first-order valence-electron chi connectivity index (χ1n) is 3.49. The molecule has 0 unspecified atom stereocenters. The van der Waals surface area contributed by atoms with Gasteiger partial charge in [-0.1, -0.05) is 0 Å². The van der Waals surface area contributed by atoms with Crippen molar-refractivity contribution in [2.45, 2.75) is 6.18 Å². The monoisotopic (exact) mass is 270 g/mol. The first kappa shape index (κ1) is 11.1. The summed E-state index contributed by atoms with van der Waals surface area (Å²) in [6, 6.07) is 1.42. The number of anilines is 1. The van der Waals surface area contributed by atoms with E-state index in [2.05, 4.69) is 25.7 Å². The lowest BCUT2D eigenvalue weighted by Crippen LogP contribution is -2.19. The number of rotatable bonds is 2. The normalized spacial score (nSPS) is 11.4. The quantitative estimate of drug-likeness (QED) is 0.898. The largest absolute Gasteiger partial charge is 0.467 e. The lowest BCUT2D eigenvalue weighted by atomic mass is 10.4. The van der Waals surface area contributed by atoms with Crippen molar-refractivity contribution in [1.29, 1.82) is 0 Å².